The monoisotopic (exact) mass is 531 g/mol. The van der Waals surface area contributed by atoms with Gasteiger partial charge in [-0.3, -0.25) is 10.0 Å². The third-order valence-corrected chi connectivity index (χ3v) is 8.78. The van der Waals surface area contributed by atoms with Crippen LogP contribution in [-0.2, 0) is 30.9 Å². The van der Waals surface area contributed by atoms with Crippen molar-refractivity contribution in [2.75, 3.05) is 50.9 Å². The Bertz CT molecular complexity index is 976. The van der Waals surface area contributed by atoms with E-state index in [1.807, 2.05) is 4.90 Å². The lowest BCUT2D eigenvalue weighted by Crippen LogP contribution is -2.62. The minimum absolute atomic E-state index is 0.0660. The highest BCUT2D eigenvalue weighted by atomic mass is 32.2. The normalized spacial score (nSPS) is 20.0. The summed E-state index contributed by atoms with van der Waals surface area (Å²) in [5.41, 5.74) is 2.56. The molecule has 0 unspecified atom stereocenters. The van der Waals surface area contributed by atoms with Crippen LogP contribution in [0.3, 0.4) is 0 Å². The Balaban J connectivity index is 1.58. The standard InChI is InChI=1S/C20H26F5N3O6S/c21-19(22,20(23,24)25)14-34-13-15-1-3-16(4-2-15)27-7-9-28(10-8-27)35(31,32)18(17(29)26-30)5-11-33-12-6-18/h1-4,30H,5-14H2,(H,26,29). The molecule has 0 aromatic heterocycles. The molecule has 15 heteroatoms. The highest BCUT2D eigenvalue weighted by molar-refractivity contribution is 7.91. The van der Waals surface area contributed by atoms with E-state index in [4.69, 9.17) is 9.94 Å². The summed E-state index contributed by atoms with van der Waals surface area (Å²) in [6, 6.07) is 6.30. The Morgan fingerprint density at radius 1 is 1.06 bits per heavy atom. The third-order valence-electron chi connectivity index (χ3n) is 6.16. The van der Waals surface area contributed by atoms with E-state index < -0.39 is 46.0 Å². The zero-order chi connectivity index (χ0) is 25.9. The molecule has 0 atom stereocenters. The number of piperazine rings is 1. The van der Waals surface area contributed by atoms with Crippen molar-refractivity contribution in [3.05, 3.63) is 29.8 Å². The fourth-order valence-electron chi connectivity index (χ4n) is 4.02. The second kappa shape index (κ2) is 10.5. The fourth-order valence-corrected chi connectivity index (χ4v) is 6.12. The summed E-state index contributed by atoms with van der Waals surface area (Å²) in [6.45, 7) is -1.33. The highest BCUT2D eigenvalue weighted by Crippen LogP contribution is 2.36. The number of sulfonamides is 1. The first-order valence-electron chi connectivity index (χ1n) is 10.7. The number of anilines is 1. The minimum atomic E-state index is -5.68. The number of amides is 1. The van der Waals surface area contributed by atoms with Crippen molar-refractivity contribution >= 4 is 21.6 Å². The number of alkyl halides is 5. The van der Waals surface area contributed by atoms with Gasteiger partial charge in [0.05, 0.1) is 6.61 Å². The van der Waals surface area contributed by atoms with Crippen LogP contribution < -0.4 is 10.4 Å². The van der Waals surface area contributed by atoms with E-state index in [0.29, 0.717) is 24.3 Å². The molecule has 0 saturated carbocycles. The molecule has 9 nitrogen and oxygen atoms in total. The van der Waals surface area contributed by atoms with Gasteiger partial charge in [-0.15, -0.1) is 0 Å². The van der Waals surface area contributed by atoms with Crippen molar-refractivity contribution in [3.8, 4) is 0 Å². The summed E-state index contributed by atoms with van der Waals surface area (Å²) in [5.74, 6) is -5.93. The van der Waals surface area contributed by atoms with Gasteiger partial charge < -0.3 is 14.4 Å². The van der Waals surface area contributed by atoms with Gasteiger partial charge in [-0.2, -0.15) is 26.3 Å². The van der Waals surface area contributed by atoms with Gasteiger partial charge in [0.15, 0.2) is 4.75 Å². The first kappa shape index (κ1) is 27.5. The van der Waals surface area contributed by atoms with Gasteiger partial charge in [-0.05, 0) is 17.7 Å². The third kappa shape index (κ3) is 5.69. The maximum Gasteiger partial charge on any atom is 0.455 e. The van der Waals surface area contributed by atoms with E-state index in [9.17, 15) is 35.2 Å². The van der Waals surface area contributed by atoms with Gasteiger partial charge >= 0.3 is 12.1 Å². The van der Waals surface area contributed by atoms with Crippen molar-refractivity contribution in [1.29, 1.82) is 0 Å². The lowest BCUT2D eigenvalue weighted by Gasteiger charge is -2.42. The Morgan fingerprint density at radius 3 is 2.14 bits per heavy atom. The molecule has 2 aliphatic heterocycles. The van der Waals surface area contributed by atoms with Crippen LogP contribution in [-0.4, -0.2) is 86.7 Å². The van der Waals surface area contributed by atoms with Crippen molar-refractivity contribution in [2.24, 2.45) is 0 Å². The summed E-state index contributed by atoms with van der Waals surface area (Å²) >= 11 is 0. The molecule has 198 valence electrons. The number of hydrogen-bond donors (Lipinski definition) is 2. The first-order valence-corrected chi connectivity index (χ1v) is 12.2. The Morgan fingerprint density at radius 2 is 1.63 bits per heavy atom. The Labute approximate surface area is 198 Å². The highest BCUT2D eigenvalue weighted by Gasteiger charge is 2.57. The SMILES string of the molecule is O=C(NO)C1(S(=O)(=O)N2CCN(c3ccc(COCC(F)(F)C(F)(F)F)cc3)CC2)CCOCC1. The topological polar surface area (TPSA) is 108 Å². The molecule has 2 N–H and O–H groups in total. The molecule has 1 aromatic carbocycles. The smallest absolute Gasteiger partial charge is 0.381 e. The lowest BCUT2D eigenvalue weighted by molar-refractivity contribution is -0.297. The molecule has 3 rings (SSSR count). The van der Waals surface area contributed by atoms with Crippen LogP contribution in [0.15, 0.2) is 24.3 Å². The molecule has 2 heterocycles. The molecule has 2 fully saturated rings. The summed E-state index contributed by atoms with van der Waals surface area (Å²) in [5, 5.41) is 9.13. The van der Waals surface area contributed by atoms with E-state index in [1.165, 1.54) is 21.9 Å². The predicted octanol–water partition coefficient (Wildman–Crippen LogP) is 1.91. The number of halogens is 5. The molecule has 2 saturated heterocycles. The summed E-state index contributed by atoms with van der Waals surface area (Å²) in [6.07, 6.45) is -5.85. The summed E-state index contributed by atoms with van der Waals surface area (Å²) < 4.78 is 98.2. The van der Waals surface area contributed by atoms with Crippen LogP contribution in [0.1, 0.15) is 18.4 Å². The zero-order valence-corrected chi connectivity index (χ0v) is 19.4. The van der Waals surface area contributed by atoms with Crippen LogP contribution in [0.5, 0.6) is 0 Å². The van der Waals surface area contributed by atoms with Gasteiger partial charge in [-0.1, -0.05) is 12.1 Å². The average Bonchev–Trinajstić information content (AvgIpc) is 2.83. The minimum Gasteiger partial charge on any atom is -0.381 e. The Hall–Kier alpha value is -2.07. The summed E-state index contributed by atoms with van der Waals surface area (Å²) in [4.78, 5) is 14.2. The van der Waals surface area contributed by atoms with Gasteiger partial charge in [0.25, 0.3) is 5.91 Å². The van der Waals surface area contributed by atoms with E-state index >= 15 is 0 Å². The summed E-state index contributed by atoms with van der Waals surface area (Å²) in [7, 11) is -4.11. The van der Waals surface area contributed by atoms with Crippen molar-refractivity contribution in [3.63, 3.8) is 0 Å². The molecule has 1 aromatic rings. The number of carbonyl (C=O) groups excluding carboxylic acids is 1. The number of rotatable bonds is 8. The molecule has 0 bridgehead atoms. The molecular formula is C20H26F5N3O6S. The maximum absolute atomic E-state index is 13.3. The molecule has 0 radical (unpaired) electrons. The van der Waals surface area contributed by atoms with Crippen molar-refractivity contribution in [2.45, 2.75) is 36.3 Å². The van der Waals surface area contributed by atoms with E-state index in [2.05, 4.69) is 4.74 Å². The van der Waals surface area contributed by atoms with Crippen LogP contribution in [0.4, 0.5) is 27.6 Å². The first-order chi connectivity index (χ1) is 16.3. The molecular weight excluding hydrogens is 505 g/mol. The number of benzene rings is 1. The average molecular weight is 532 g/mol. The number of hydrogen-bond acceptors (Lipinski definition) is 7. The maximum atomic E-state index is 13.3. The van der Waals surface area contributed by atoms with E-state index in [-0.39, 0.29) is 39.1 Å². The largest absolute Gasteiger partial charge is 0.455 e. The number of nitrogens with zero attached hydrogens (tertiary/aromatic N) is 2. The van der Waals surface area contributed by atoms with Crippen LogP contribution >= 0.6 is 0 Å². The van der Waals surface area contributed by atoms with E-state index in [1.54, 1.807) is 12.1 Å². The lowest BCUT2D eigenvalue weighted by atomic mass is 9.98. The van der Waals surface area contributed by atoms with Gasteiger partial charge in [0.1, 0.15) is 6.61 Å². The van der Waals surface area contributed by atoms with Crippen molar-refractivity contribution < 1.29 is 49.8 Å². The number of ether oxygens (including phenoxy) is 2. The predicted molar refractivity (Wildman–Crippen MR) is 113 cm³/mol. The molecule has 0 spiro atoms. The van der Waals surface area contributed by atoms with Crippen molar-refractivity contribution in [1.82, 2.24) is 9.79 Å². The second-order valence-electron chi connectivity index (χ2n) is 8.30. The second-order valence-corrected chi connectivity index (χ2v) is 10.5. The molecule has 2 aliphatic rings. The van der Waals surface area contributed by atoms with Crippen LogP contribution in [0.2, 0.25) is 0 Å². The quantitative estimate of drug-likeness (QED) is 0.300. The van der Waals surface area contributed by atoms with Crippen LogP contribution in [0, 0.1) is 0 Å². The fraction of sp³-hybridized carbons (Fsp3) is 0.650. The molecule has 0 aliphatic carbocycles. The molecule has 1 amide bonds. The molecule has 35 heavy (non-hydrogen) atoms. The number of nitrogens with one attached hydrogen (secondary N) is 1. The number of hydroxylamine groups is 1. The van der Waals surface area contributed by atoms with Crippen LogP contribution in [0.25, 0.3) is 0 Å². The zero-order valence-electron chi connectivity index (χ0n) is 18.6. The van der Waals surface area contributed by atoms with Gasteiger partial charge in [0, 0.05) is 57.9 Å². The number of carbonyl (C=O) groups is 1. The van der Waals surface area contributed by atoms with E-state index in [0.717, 1.165) is 0 Å². The van der Waals surface area contributed by atoms with Gasteiger partial charge in [0.2, 0.25) is 10.0 Å². The van der Waals surface area contributed by atoms with Gasteiger partial charge in [-0.25, -0.2) is 13.9 Å². The Kier molecular flexibility index (Phi) is 8.26.